The third-order valence-electron chi connectivity index (χ3n) is 2.54. The van der Waals surface area contributed by atoms with Gasteiger partial charge in [0.2, 0.25) is 0 Å². The van der Waals surface area contributed by atoms with E-state index in [4.69, 9.17) is 30.6 Å². The van der Waals surface area contributed by atoms with E-state index >= 15 is 0 Å². The van der Waals surface area contributed by atoms with Crippen LogP contribution in [0.1, 0.15) is 5.56 Å². The van der Waals surface area contributed by atoms with Gasteiger partial charge in [-0.05, 0) is 5.56 Å². The minimum Gasteiger partial charge on any atom is -0.480 e. The van der Waals surface area contributed by atoms with E-state index in [1.54, 1.807) is 0 Å². The fourth-order valence-corrected chi connectivity index (χ4v) is 1.43. The number of nitrogens with zero attached hydrogens (tertiary/aromatic N) is 1. The topological polar surface area (TPSA) is 141 Å². The summed E-state index contributed by atoms with van der Waals surface area (Å²) in [6.07, 6.45) is -10.2. The summed E-state index contributed by atoms with van der Waals surface area (Å²) < 4.78 is 63.5. The van der Waals surface area contributed by atoms with Gasteiger partial charge in [-0.1, -0.05) is 30.3 Å². The minimum absolute atomic E-state index is 0.0338. The molecule has 0 heterocycles. The van der Waals surface area contributed by atoms with Gasteiger partial charge in [0.05, 0.1) is 6.54 Å². The maximum absolute atomic E-state index is 10.6. The average molecular weight is 436 g/mol. The molecular formula is C15H18F6N2O6. The molecule has 0 aromatic heterocycles. The van der Waals surface area contributed by atoms with Crippen LogP contribution in [0, 0.1) is 0 Å². The number of carboxylic acids is 3. The fourth-order valence-electron chi connectivity index (χ4n) is 1.43. The molecule has 14 heteroatoms. The van der Waals surface area contributed by atoms with Gasteiger partial charge in [-0.25, -0.2) is 9.59 Å². The summed E-state index contributed by atoms with van der Waals surface area (Å²) in [5.41, 5.74) is 6.53. The van der Waals surface area contributed by atoms with Crippen LogP contribution in [0.5, 0.6) is 0 Å². The maximum Gasteiger partial charge on any atom is 0.490 e. The monoisotopic (exact) mass is 436 g/mol. The molecule has 0 radical (unpaired) electrons. The molecule has 0 spiro atoms. The number of alkyl halides is 6. The van der Waals surface area contributed by atoms with Gasteiger partial charge < -0.3 is 21.1 Å². The molecule has 0 aliphatic rings. The predicted octanol–water partition coefficient (Wildman–Crippen LogP) is 1.80. The Balaban J connectivity index is 0. The first-order chi connectivity index (χ1) is 13.1. The zero-order valence-corrected chi connectivity index (χ0v) is 14.6. The average Bonchev–Trinajstić information content (AvgIpc) is 2.54. The molecule has 1 aromatic carbocycles. The van der Waals surface area contributed by atoms with Gasteiger partial charge in [0.1, 0.15) is 0 Å². The van der Waals surface area contributed by atoms with Crippen molar-refractivity contribution in [3.63, 3.8) is 0 Å². The van der Waals surface area contributed by atoms with Gasteiger partial charge in [0.25, 0.3) is 0 Å². The third-order valence-corrected chi connectivity index (χ3v) is 2.54. The second kappa shape index (κ2) is 13.3. The number of hydrogen-bond acceptors (Lipinski definition) is 5. The number of carboxylic acid groups (broad SMARTS) is 3. The van der Waals surface area contributed by atoms with Gasteiger partial charge in [0.15, 0.2) is 0 Å². The van der Waals surface area contributed by atoms with Gasteiger partial charge in [0, 0.05) is 19.6 Å². The molecule has 0 bridgehead atoms. The van der Waals surface area contributed by atoms with Crippen LogP contribution in [0.3, 0.4) is 0 Å². The number of rotatable bonds is 6. The Hall–Kier alpha value is -2.87. The highest BCUT2D eigenvalue weighted by atomic mass is 19.4. The minimum atomic E-state index is -5.08. The number of benzene rings is 1. The zero-order valence-electron chi connectivity index (χ0n) is 14.6. The quantitative estimate of drug-likeness (QED) is 0.495. The summed E-state index contributed by atoms with van der Waals surface area (Å²) in [7, 11) is 0. The summed E-state index contributed by atoms with van der Waals surface area (Å²) in [4.78, 5) is 30.2. The molecule has 0 saturated heterocycles. The highest BCUT2D eigenvalue weighted by Crippen LogP contribution is 2.13. The Kier molecular flexibility index (Phi) is 13.0. The molecule has 1 aromatic rings. The van der Waals surface area contributed by atoms with Crippen LogP contribution in [0.15, 0.2) is 30.3 Å². The molecule has 0 unspecified atom stereocenters. The largest absolute Gasteiger partial charge is 0.490 e. The van der Waals surface area contributed by atoms with Crippen LogP contribution < -0.4 is 5.73 Å². The Morgan fingerprint density at radius 3 is 1.52 bits per heavy atom. The molecule has 8 nitrogen and oxygen atoms in total. The maximum atomic E-state index is 10.6. The fraction of sp³-hybridized carbons (Fsp3) is 0.400. The summed E-state index contributed by atoms with van der Waals surface area (Å²) in [5.74, 6) is -6.33. The van der Waals surface area contributed by atoms with Crippen molar-refractivity contribution in [2.24, 2.45) is 5.73 Å². The highest BCUT2D eigenvalue weighted by molar-refractivity contribution is 5.73. The van der Waals surface area contributed by atoms with E-state index < -0.39 is 30.3 Å². The first kappa shape index (κ1) is 28.3. The lowest BCUT2D eigenvalue weighted by Crippen LogP contribution is -2.33. The normalized spacial score (nSPS) is 10.9. The molecule has 29 heavy (non-hydrogen) atoms. The van der Waals surface area contributed by atoms with Crippen LogP contribution in [0.2, 0.25) is 0 Å². The van der Waals surface area contributed by atoms with Gasteiger partial charge >= 0.3 is 30.3 Å². The van der Waals surface area contributed by atoms with Crippen molar-refractivity contribution < 1.29 is 56.0 Å². The lowest BCUT2D eigenvalue weighted by Gasteiger charge is -2.19. The Bertz CT molecular complexity index is 612. The lowest BCUT2D eigenvalue weighted by molar-refractivity contribution is -0.193. The summed E-state index contributed by atoms with van der Waals surface area (Å²) >= 11 is 0. The summed E-state index contributed by atoms with van der Waals surface area (Å²) in [5, 5.41) is 23.0. The van der Waals surface area contributed by atoms with Crippen molar-refractivity contribution in [1.29, 1.82) is 0 Å². The molecular weight excluding hydrogens is 418 g/mol. The molecule has 0 amide bonds. The van der Waals surface area contributed by atoms with Crippen molar-refractivity contribution in [3.8, 4) is 0 Å². The van der Waals surface area contributed by atoms with Crippen molar-refractivity contribution in [2.45, 2.75) is 18.9 Å². The van der Waals surface area contributed by atoms with E-state index in [0.717, 1.165) is 5.56 Å². The van der Waals surface area contributed by atoms with E-state index in [2.05, 4.69) is 0 Å². The zero-order chi connectivity index (χ0) is 23.3. The number of hydrogen-bond donors (Lipinski definition) is 4. The number of aliphatic carboxylic acids is 3. The molecule has 1 rings (SSSR count). The third kappa shape index (κ3) is 17.0. The summed E-state index contributed by atoms with van der Waals surface area (Å²) in [6.45, 7) is 1.73. The van der Waals surface area contributed by atoms with Crippen molar-refractivity contribution in [2.75, 3.05) is 19.6 Å². The SMILES string of the molecule is NCCN(CC(=O)O)Cc1ccccc1.O=C(O)C(F)(F)F.O=C(O)C(F)(F)F. The van der Waals surface area contributed by atoms with Crippen LogP contribution in [0.25, 0.3) is 0 Å². The Morgan fingerprint density at radius 2 is 1.24 bits per heavy atom. The number of nitrogens with two attached hydrogens (primary N) is 1. The van der Waals surface area contributed by atoms with Crippen molar-refractivity contribution in [3.05, 3.63) is 35.9 Å². The van der Waals surface area contributed by atoms with Gasteiger partial charge in [-0.2, -0.15) is 26.3 Å². The number of carbonyl (C=O) groups is 3. The van der Waals surface area contributed by atoms with E-state index in [1.165, 1.54) is 0 Å². The van der Waals surface area contributed by atoms with Gasteiger partial charge in [-0.3, -0.25) is 9.69 Å². The molecule has 166 valence electrons. The van der Waals surface area contributed by atoms with E-state index in [9.17, 15) is 31.1 Å². The number of halogens is 6. The Labute approximate surface area is 160 Å². The molecule has 0 aliphatic carbocycles. The van der Waals surface area contributed by atoms with Crippen LogP contribution >= 0.6 is 0 Å². The Morgan fingerprint density at radius 1 is 0.862 bits per heavy atom. The molecule has 0 fully saturated rings. The highest BCUT2D eigenvalue weighted by Gasteiger charge is 2.38. The van der Waals surface area contributed by atoms with Crippen LogP contribution in [-0.4, -0.2) is 70.1 Å². The van der Waals surface area contributed by atoms with Crippen molar-refractivity contribution in [1.82, 2.24) is 4.90 Å². The smallest absolute Gasteiger partial charge is 0.480 e. The van der Waals surface area contributed by atoms with Crippen molar-refractivity contribution >= 4 is 17.9 Å². The van der Waals surface area contributed by atoms with E-state index in [0.29, 0.717) is 19.6 Å². The van der Waals surface area contributed by atoms with Crippen LogP contribution in [0.4, 0.5) is 26.3 Å². The predicted molar refractivity (Wildman–Crippen MR) is 85.8 cm³/mol. The standard InChI is InChI=1S/C11H16N2O2.2C2HF3O2/c12-6-7-13(9-11(14)15)8-10-4-2-1-3-5-10;2*3-2(4,5)1(6)7/h1-5H,6-9,12H2,(H,14,15);2*(H,6,7). The molecule has 0 aliphatic heterocycles. The van der Waals surface area contributed by atoms with Gasteiger partial charge in [-0.15, -0.1) is 0 Å². The first-order valence-electron chi connectivity index (χ1n) is 7.39. The second-order valence-corrected chi connectivity index (χ2v) is 4.98. The lowest BCUT2D eigenvalue weighted by atomic mass is 10.2. The van der Waals surface area contributed by atoms with Crippen LogP contribution in [-0.2, 0) is 20.9 Å². The van der Waals surface area contributed by atoms with E-state index in [-0.39, 0.29) is 6.54 Å². The summed E-state index contributed by atoms with van der Waals surface area (Å²) in [6, 6.07) is 9.78. The second-order valence-electron chi connectivity index (χ2n) is 4.98. The first-order valence-corrected chi connectivity index (χ1v) is 7.39. The molecule has 0 saturated carbocycles. The van der Waals surface area contributed by atoms with E-state index in [1.807, 2.05) is 35.2 Å². The molecule has 0 atom stereocenters. The molecule has 5 N–H and O–H groups in total.